The third-order valence-corrected chi connectivity index (χ3v) is 5.63. The summed E-state index contributed by atoms with van der Waals surface area (Å²) in [6.45, 7) is 10.5. The SMILES string of the molecule is CC(C)(C)OC(=O)N[C@H](CCCC[C@@H](NC(=O)OC(C)(C)C)C(=O)OCc1ccccc1)C(=O)OCc1ccccc1. The molecule has 0 bridgehead atoms. The van der Waals surface area contributed by atoms with E-state index in [0.717, 1.165) is 11.1 Å². The van der Waals surface area contributed by atoms with Crippen molar-refractivity contribution in [3.05, 3.63) is 71.8 Å². The Balaban J connectivity index is 2.01. The summed E-state index contributed by atoms with van der Waals surface area (Å²) >= 11 is 0. The van der Waals surface area contributed by atoms with Crippen molar-refractivity contribution in [3.8, 4) is 0 Å². The Hall–Kier alpha value is -4.08. The molecule has 0 aliphatic rings. The first-order chi connectivity index (χ1) is 19.7. The molecular formula is C32H44N2O8. The summed E-state index contributed by atoms with van der Waals surface area (Å²) in [5.41, 5.74) is 0.130. The highest BCUT2D eigenvalue weighted by Gasteiger charge is 2.28. The first-order valence-electron chi connectivity index (χ1n) is 14.1. The first kappa shape index (κ1) is 34.1. The van der Waals surface area contributed by atoms with Crippen LogP contribution in [0.25, 0.3) is 0 Å². The summed E-state index contributed by atoms with van der Waals surface area (Å²) in [6, 6.07) is 16.5. The molecule has 0 fully saturated rings. The molecule has 0 spiro atoms. The zero-order valence-electron chi connectivity index (χ0n) is 25.4. The van der Waals surface area contributed by atoms with Gasteiger partial charge in [-0.1, -0.05) is 73.5 Å². The fraction of sp³-hybridized carbons (Fsp3) is 0.500. The molecule has 0 saturated heterocycles. The van der Waals surface area contributed by atoms with Gasteiger partial charge in [-0.05, 0) is 65.5 Å². The summed E-state index contributed by atoms with van der Waals surface area (Å²) in [5, 5.41) is 5.20. The quantitative estimate of drug-likeness (QED) is 0.171. The Kier molecular flexibility index (Phi) is 13.3. The number of unbranched alkanes of at least 4 members (excludes halogenated alkanes) is 1. The van der Waals surface area contributed by atoms with Crippen molar-refractivity contribution in [1.29, 1.82) is 0 Å². The molecule has 0 heterocycles. The highest BCUT2D eigenvalue weighted by Crippen LogP contribution is 2.14. The number of carbonyl (C=O) groups is 4. The number of hydrogen-bond donors (Lipinski definition) is 2. The van der Waals surface area contributed by atoms with Crippen molar-refractivity contribution in [1.82, 2.24) is 10.6 Å². The predicted octanol–water partition coefficient (Wildman–Crippen LogP) is 5.82. The van der Waals surface area contributed by atoms with Gasteiger partial charge in [0.2, 0.25) is 0 Å². The van der Waals surface area contributed by atoms with Crippen LogP contribution in [0.3, 0.4) is 0 Å². The number of hydrogen-bond acceptors (Lipinski definition) is 8. The zero-order valence-corrected chi connectivity index (χ0v) is 25.4. The van der Waals surface area contributed by atoms with Crippen molar-refractivity contribution in [2.24, 2.45) is 0 Å². The molecular weight excluding hydrogens is 540 g/mol. The van der Waals surface area contributed by atoms with Gasteiger partial charge in [0.05, 0.1) is 0 Å². The third-order valence-electron chi connectivity index (χ3n) is 5.63. The van der Waals surface area contributed by atoms with Gasteiger partial charge in [0.15, 0.2) is 0 Å². The maximum absolute atomic E-state index is 12.9. The van der Waals surface area contributed by atoms with Gasteiger partial charge in [0.1, 0.15) is 36.5 Å². The van der Waals surface area contributed by atoms with Crippen molar-refractivity contribution in [3.63, 3.8) is 0 Å². The smallest absolute Gasteiger partial charge is 0.408 e. The number of nitrogens with one attached hydrogen (secondary N) is 2. The molecule has 10 nitrogen and oxygen atoms in total. The molecule has 2 atom stereocenters. The Bertz CT molecular complexity index is 1050. The Labute approximate surface area is 248 Å². The number of benzene rings is 2. The number of carbonyl (C=O) groups excluding carboxylic acids is 4. The van der Waals surface area contributed by atoms with Gasteiger partial charge in [0.25, 0.3) is 0 Å². The van der Waals surface area contributed by atoms with Gasteiger partial charge in [-0.25, -0.2) is 19.2 Å². The molecule has 0 aromatic heterocycles. The minimum atomic E-state index is -0.967. The van der Waals surface area contributed by atoms with Crippen molar-refractivity contribution in [2.75, 3.05) is 0 Å². The van der Waals surface area contributed by atoms with E-state index in [-0.39, 0.29) is 26.1 Å². The van der Waals surface area contributed by atoms with Gasteiger partial charge < -0.3 is 29.6 Å². The molecule has 0 radical (unpaired) electrons. The highest BCUT2D eigenvalue weighted by molar-refractivity contribution is 5.82. The summed E-state index contributed by atoms with van der Waals surface area (Å²) in [5.74, 6) is -1.20. The first-order valence-corrected chi connectivity index (χ1v) is 14.1. The predicted molar refractivity (Wildman–Crippen MR) is 157 cm³/mol. The van der Waals surface area contributed by atoms with Crippen LogP contribution in [-0.2, 0) is 41.8 Å². The molecule has 0 saturated carbocycles. The number of ether oxygens (including phenoxy) is 4. The second-order valence-corrected chi connectivity index (χ2v) is 11.9. The van der Waals surface area contributed by atoms with E-state index >= 15 is 0 Å². The van der Waals surface area contributed by atoms with Crippen molar-refractivity contribution >= 4 is 24.1 Å². The van der Waals surface area contributed by atoms with Crippen LogP contribution < -0.4 is 10.6 Å². The molecule has 0 aliphatic heterocycles. The van der Waals surface area contributed by atoms with Crippen LogP contribution in [0.5, 0.6) is 0 Å². The maximum Gasteiger partial charge on any atom is 0.408 e. The van der Waals surface area contributed by atoms with Crippen LogP contribution in [-0.4, -0.2) is 47.4 Å². The number of esters is 2. The molecule has 2 N–H and O–H groups in total. The molecule has 10 heteroatoms. The topological polar surface area (TPSA) is 129 Å². The molecule has 2 aromatic carbocycles. The highest BCUT2D eigenvalue weighted by atomic mass is 16.6. The number of rotatable bonds is 13. The lowest BCUT2D eigenvalue weighted by molar-refractivity contribution is -0.148. The fourth-order valence-electron chi connectivity index (χ4n) is 3.75. The van der Waals surface area contributed by atoms with E-state index in [0.29, 0.717) is 12.8 Å². The number of alkyl carbamates (subject to hydrolysis) is 2. The summed E-state index contributed by atoms with van der Waals surface area (Å²) in [7, 11) is 0. The lowest BCUT2D eigenvalue weighted by Crippen LogP contribution is -2.45. The monoisotopic (exact) mass is 584 g/mol. The van der Waals surface area contributed by atoms with E-state index in [4.69, 9.17) is 18.9 Å². The van der Waals surface area contributed by atoms with E-state index in [2.05, 4.69) is 10.6 Å². The van der Waals surface area contributed by atoms with Crippen molar-refractivity contribution in [2.45, 2.75) is 104 Å². The van der Waals surface area contributed by atoms with Crippen LogP contribution in [0.15, 0.2) is 60.7 Å². The minimum Gasteiger partial charge on any atom is -0.459 e. The van der Waals surface area contributed by atoms with E-state index in [1.807, 2.05) is 60.7 Å². The van der Waals surface area contributed by atoms with Crippen LogP contribution in [0.2, 0.25) is 0 Å². The Morgan fingerprint density at radius 1 is 0.595 bits per heavy atom. The van der Waals surface area contributed by atoms with E-state index in [9.17, 15) is 19.2 Å². The van der Waals surface area contributed by atoms with Gasteiger partial charge >= 0.3 is 24.1 Å². The number of amides is 2. The Morgan fingerprint density at radius 2 is 0.929 bits per heavy atom. The molecule has 0 unspecified atom stereocenters. The van der Waals surface area contributed by atoms with Gasteiger partial charge in [-0.3, -0.25) is 0 Å². The van der Waals surface area contributed by atoms with Crippen LogP contribution in [0.1, 0.15) is 78.4 Å². The molecule has 0 aliphatic carbocycles. The lowest BCUT2D eigenvalue weighted by Gasteiger charge is -2.24. The molecule has 42 heavy (non-hydrogen) atoms. The average Bonchev–Trinajstić information content (AvgIpc) is 2.90. The fourth-order valence-corrected chi connectivity index (χ4v) is 3.75. The third kappa shape index (κ3) is 14.5. The molecule has 2 amide bonds. The van der Waals surface area contributed by atoms with E-state index in [1.54, 1.807) is 41.5 Å². The largest absolute Gasteiger partial charge is 0.459 e. The minimum absolute atomic E-state index is 0.0569. The lowest BCUT2D eigenvalue weighted by atomic mass is 10.0. The normalized spacial score (nSPS) is 12.8. The zero-order chi connectivity index (χ0) is 31.2. The molecule has 2 rings (SSSR count). The van der Waals surface area contributed by atoms with E-state index < -0.39 is 47.4 Å². The summed E-state index contributed by atoms with van der Waals surface area (Å²) < 4.78 is 21.6. The molecule has 2 aromatic rings. The molecule has 230 valence electrons. The maximum atomic E-state index is 12.9. The second-order valence-electron chi connectivity index (χ2n) is 11.9. The van der Waals surface area contributed by atoms with Gasteiger partial charge in [-0.2, -0.15) is 0 Å². The summed E-state index contributed by atoms with van der Waals surface area (Å²) in [6.07, 6.45) is -0.161. The van der Waals surface area contributed by atoms with Crippen LogP contribution >= 0.6 is 0 Å². The van der Waals surface area contributed by atoms with E-state index in [1.165, 1.54) is 0 Å². The van der Waals surface area contributed by atoms with Gasteiger partial charge in [0, 0.05) is 0 Å². The Morgan fingerprint density at radius 3 is 1.24 bits per heavy atom. The second kappa shape index (κ2) is 16.4. The average molecular weight is 585 g/mol. The standard InChI is InChI=1S/C32H44N2O8/c1-31(2,3)41-29(37)33-25(27(35)39-21-23-15-9-7-10-16-23)19-13-14-20-26(34-30(38)42-32(4,5)6)28(36)40-22-24-17-11-8-12-18-24/h7-12,15-18,25-26H,13-14,19-22H2,1-6H3,(H,33,37)(H,34,38)/t25-,26-/m1/s1. The summed E-state index contributed by atoms with van der Waals surface area (Å²) in [4.78, 5) is 50.7. The van der Waals surface area contributed by atoms with Gasteiger partial charge in [-0.15, -0.1) is 0 Å². The van der Waals surface area contributed by atoms with Crippen LogP contribution in [0, 0.1) is 0 Å². The van der Waals surface area contributed by atoms with Crippen LogP contribution in [0.4, 0.5) is 9.59 Å². The van der Waals surface area contributed by atoms with Crippen molar-refractivity contribution < 1.29 is 38.1 Å².